The van der Waals surface area contributed by atoms with Gasteiger partial charge in [0.05, 0.1) is 0 Å². The zero-order valence-electron chi connectivity index (χ0n) is 14.1. The summed E-state index contributed by atoms with van der Waals surface area (Å²) in [5, 5.41) is 3.45. The summed E-state index contributed by atoms with van der Waals surface area (Å²) in [6, 6.07) is 9.67. The predicted octanol–water partition coefficient (Wildman–Crippen LogP) is 2.70. The number of ether oxygens (including phenoxy) is 1. The Morgan fingerprint density at radius 3 is 2.52 bits per heavy atom. The number of carbonyl (C=O) groups is 1. The topological polar surface area (TPSA) is 41.6 Å². The van der Waals surface area contributed by atoms with Crippen molar-refractivity contribution in [2.24, 2.45) is 5.92 Å². The number of nitrogens with zero attached hydrogens (tertiary/aromatic N) is 1. The van der Waals surface area contributed by atoms with Crippen LogP contribution in [0.2, 0.25) is 0 Å². The molecule has 4 heteroatoms. The summed E-state index contributed by atoms with van der Waals surface area (Å²) >= 11 is 0. The number of carbonyl (C=O) groups excluding carboxylic acids is 1. The van der Waals surface area contributed by atoms with E-state index in [9.17, 15) is 4.79 Å². The molecule has 2 saturated heterocycles. The zero-order chi connectivity index (χ0) is 16.1. The fourth-order valence-corrected chi connectivity index (χ4v) is 4.05. The van der Waals surface area contributed by atoms with Crippen molar-refractivity contribution in [2.75, 3.05) is 33.4 Å². The fourth-order valence-electron chi connectivity index (χ4n) is 4.05. The van der Waals surface area contributed by atoms with E-state index < -0.39 is 0 Å². The van der Waals surface area contributed by atoms with Crippen LogP contribution in [0.15, 0.2) is 30.3 Å². The minimum Gasteiger partial charge on any atom is -0.381 e. The van der Waals surface area contributed by atoms with Gasteiger partial charge in [-0.25, -0.2) is 0 Å². The molecule has 0 aromatic heterocycles. The highest BCUT2D eigenvalue weighted by Crippen LogP contribution is 2.36. The van der Waals surface area contributed by atoms with Crippen molar-refractivity contribution in [1.82, 2.24) is 10.2 Å². The first-order valence-corrected chi connectivity index (χ1v) is 8.83. The SMILES string of the molecule is CN(C(=O)c1ccccc1)C1(CC2CCOCC2)CCNCC1. The maximum Gasteiger partial charge on any atom is 0.254 e. The van der Waals surface area contributed by atoms with Gasteiger partial charge in [-0.2, -0.15) is 0 Å². The first-order valence-electron chi connectivity index (χ1n) is 8.83. The molecule has 23 heavy (non-hydrogen) atoms. The number of benzene rings is 1. The van der Waals surface area contributed by atoms with Crippen LogP contribution in [0.4, 0.5) is 0 Å². The Labute approximate surface area is 139 Å². The van der Waals surface area contributed by atoms with E-state index >= 15 is 0 Å². The third-order valence-corrected chi connectivity index (χ3v) is 5.58. The van der Waals surface area contributed by atoms with Crippen molar-refractivity contribution in [3.8, 4) is 0 Å². The standard InChI is InChI=1S/C19H28N2O2/c1-21(18(22)17-5-3-2-4-6-17)19(9-11-20-12-10-19)15-16-7-13-23-14-8-16/h2-6,16,20H,7-15H2,1H3. The number of amides is 1. The molecule has 1 aromatic carbocycles. The normalized spacial score (nSPS) is 21.8. The lowest BCUT2D eigenvalue weighted by atomic mass is 9.76. The maximum absolute atomic E-state index is 13.0. The highest BCUT2D eigenvalue weighted by molar-refractivity contribution is 5.94. The molecule has 2 aliphatic heterocycles. The summed E-state index contributed by atoms with van der Waals surface area (Å²) < 4.78 is 5.51. The maximum atomic E-state index is 13.0. The smallest absolute Gasteiger partial charge is 0.254 e. The molecule has 1 aromatic rings. The van der Waals surface area contributed by atoms with Gasteiger partial charge in [0.1, 0.15) is 0 Å². The second-order valence-electron chi connectivity index (χ2n) is 6.96. The number of piperidine rings is 1. The van der Waals surface area contributed by atoms with Gasteiger partial charge in [-0.1, -0.05) is 18.2 Å². The van der Waals surface area contributed by atoms with E-state index in [4.69, 9.17) is 4.74 Å². The molecule has 2 fully saturated rings. The molecule has 0 saturated carbocycles. The molecular weight excluding hydrogens is 288 g/mol. The summed E-state index contributed by atoms with van der Waals surface area (Å²) in [6.07, 6.45) is 5.44. The molecule has 4 nitrogen and oxygen atoms in total. The Kier molecular flexibility index (Phi) is 5.34. The van der Waals surface area contributed by atoms with Gasteiger partial charge in [0.15, 0.2) is 0 Å². The van der Waals surface area contributed by atoms with Gasteiger partial charge in [-0.3, -0.25) is 4.79 Å². The van der Waals surface area contributed by atoms with E-state index in [1.165, 1.54) is 0 Å². The fraction of sp³-hybridized carbons (Fsp3) is 0.632. The lowest BCUT2D eigenvalue weighted by Crippen LogP contribution is -2.56. The van der Waals surface area contributed by atoms with Crippen molar-refractivity contribution >= 4 is 5.91 Å². The number of nitrogens with one attached hydrogen (secondary N) is 1. The highest BCUT2D eigenvalue weighted by atomic mass is 16.5. The molecule has 0 atom stereocenters. The highest BCUT2D eigenvalue weighted by Gasteiger charge is 2.40. The van der Waals surface area contributed by atoms with E-state index in [2.05, 4.69) is 5.32 Å². The summed E-state index contributed by atoms with van der Waals surface area (Å²) in [5.41, 5.74) is 0.778. The molecule has 0 bridgehead atoms. The Hall–Kier alpha value is -1.39. The largest absolute Gasteiger partial charge is 0.381 e. The molecule has 126 valence electrons. The van der Waals surface area contributed by atoms with Crippen molar-refractivity contribution in [2.45, 2.75) is 37.6 Å². The molecule has 2 heterocycles. The first-order chi connectivity index (χ1) is 11.2. The molecule has 0 unspecified atom stereocenters. The molecule has 3 rings (SSSR count). The van der Waals surface area contributed by atoms with E-state index in [0.29, 0.717) is 5.92 Å². The van der Waals surface area contributed by atoms with Crippen LogP contribution >= 0.6 is 0 Å². The molecule has 2 aliphatic rings. The Morgan fingerprint density at radius 1 is 1.22 bits per heavy atom. The van der Waals surface area contributed by atoms with Gasteiger partial charge in [0.2, 0.25) is 0 Å². The van der Waals surface area contributed by atoms with E-state index in [-0.39, 0.29) is 11.4 Å². The van der Waals surface area contributed by atoms with Crippen LogP contribution in [-0.2, 0) is 4.74 Å². The van der Waals surface area contributed by atoms with Crippen molar-refractivity contribution in [1.29, 1.82) is 0 Å². The minimum atomic E-state index is -0.0137. The van der Waals surface area contributed by atoms with Gasteiger partial charge in [0, 0.05) is 31.4 Å². The monoisotopic (exact) mass is 316 g/mol. The molecule has 0 radical (unpaired) electrons. The molecular formula is C19H28N2O2. The molecule has 1 N–H and O–H groups in total. The summed E-state index contributed by atoms with van der Waals surface area (Å²) in [5.74, 6) is 0.826. The van der Waals surface area contributed by atoms with Crippen LogP contribution in [0.3, 0.4) is 0 Å². The van der Waals surface area contributed by atoms with Crippen LogP contribution in [0.25, 0.3) is 0 Å². The summed E-state index contributed by atoms with van der Waals surface area (Å²) in [6.45, 7) is 3.73. The van der Waals surface area contributed by atoms with E-state index in [0.717, 1.165) is 64.0 Å². The third-order valence-electron chi connectivity index (χ3n) is 5.58. The van der Waals surface area contributed by atoms with Gasteiger partial charge in [-0.05, 0) is 63.2 Å². The second kappa shape index (κ2) is 7.45. The molecule has 1 amide bonds. The summed E-state index contributed by atoms with van der Waals surface area (Å²) in [4.78, 5) is 15.0. The van der Waals surface area contributed by atoms with Gasteiger partial charge < -0.3 is 15.0 Å². The van der Waals surface area contributed by atoms with Gasteiger partial charge in [0.25, 0.3) is 5.91 Å². The van der Waals surface area contributed by atoms with Crippen LogP contribution in [0.1, 0.15) is 42.5 Å². The number of hydrogen-bond donors (Lipinski definition) is 1. The number of rotatable bonds is 4. The molecule has 0 spiro atoms. The lowest BCUT2D eigenvalue weighted by molar-refractivity contribution is 0.0147. The van der Waals surface area contributed by atoms with Crippen molar-refractivity contribution < 1.29 is 9.53 Å². The molecule has 0 aliphatic carbocycles. The van der Waals surface area contributed by atoms with Crippen LogP contribution in [-0.4, -0.2) is 49.7 Å². The van der Waals surface area contributed by atoms with Gasteiger partial charge in [-0.15, -0.1) is 0 Å². The third kappa shape index (κ3) is 3.75. The van der Waals surface area contributed by atoms with Crippen molar-refractivity contribution in [3.05, 3.63) is 35.9 Å². The Bertz CT molecular complexity index is 505. The number of hydrogen-bond acceptors (Lipinski definition) is 3. The quantitative estimate of drug-likeness (QED) is 0.928. The van der Waals surface area contributed by atoms with E-state index in [1.807, 2.05) is 42.3 Å². The average Bonchev–Trinajstić information content (AvgIpc) is 2.63. The predicted molar refractivity (Wildman–Crippen MR) is 91.5 cm³/mol. The Morgan fingerprint density at radius 2 is 1.87 bits per heavy atom. The van der Waals surface area contributed by atoms with Gasteiger partial charge >= 0.3 is 0 Å². The van der Waals surface area contributed by atoms with Crippen LogP contribution in [0, 0.1) is 5.92 Å². The van der Waals surface area contributed by atoms with Crippen molar-refractivity contribution in [3.63, 3.8) is 0 Å². The summed E-state index contributed by atoms with van der Waals surface area (Å²) in [7, 11) is 2.00. The minimum absolute atomic E-state index is 0.0137. The average molecular weight is 316 g/mol. The first kappa shape index (κ1) is 16.5. The van der Waals surface area contributed by atoms with Crippen LogP contribution in [0.5, 0.6) is 0 Å². The lowest BCUT2D eigenvalue weighted by Gasteiger charge is -2.47. The zero-order valence-corrected chi connectivity index (χ0v) is 14.1. The van der Waals surface area contributed by atoms with E-state index in [1.54, 1.807) is 0 Å². The van der Waals surface area contributed by atoms with Crippen LogP contribution < -0.4 is 5.32 Å². The Balaban J connectivity index is 1.78. The second-order valence-corrected chi connectivity index (χ2v) is 6.96.